The molecule has 4 rings (SSSR count). The van der Waals surface area contributed by atoms with Crippen molar-refractivity contribution in [2.24, 2.45) is 23.5 Å². The number of aromatic nitrogens is 3. The number of fused-ring (bicyclic) bond motifs is 2. The van der Waals surface area contributed by atoms with E-state index in [1.54, 1.807) is 86.6 Å². The Kier molecular flexibility index (Phi) is 46.1. The van der Waals surface area contributed by atoms with Gasteiger partial charge in [-0.3, -0.25) is 43.2 Å². The number of nitrogens with two attached hydrogens (primary N) is 1. The van der Waals surface area contributed by atoms with Gasteiger partial charge >= 0.3 is 30.0 Å². The third-order valence-corrected chi connectivity index (χ3v) is 15.2. The van der Waals surface area contributed by atoms with Crippen molar-refractivity contribution in [2.75, 3.05) is 0 Å². The fourth-order valence-corrected chi connectivity index (χ4v) is 9.51. The van der Waals surface area contributed by atoms with Gasteiger partial charge in [0.1, 0.15) is 99.4 Å². The molecule has 114 heavy (non-hydrogen) atoms. The highest BCUT2D eigenvalue weighted by molar-refractivity contribution is 6.05. The Balaban J connectivity index is 0.000000845. The molecule has 1 aliphatic heterocycles. The van der Waals surface area contributed by atoms with Crippen molar-refractivity contribution in [3.8, 4) is 6.07 Å². The minimum Gasteiger partial charge on any atom is -0.481 e. The van der Waals surface area contributed by atoms with Crippen molar-refractivity contribution in [1.82, 2.24) is 57.5 Å². The van der Waals surface area contributed by atoms with Crippen LogP contribution in [0.5, 0.6) is 0 Å². The molecule has 0 aromatic carbocycles. The summed E-state index contributed by atoms with van der Waals surface area (Å²) in [5.74, 6) is -12.2. The molecule has 2 bridgehead atoms. The number of hydrogen-bond donors (Lipinski definition) is 10. The van der Waals surface area contributed by atoms with E-state index in [2.05, 4.69) is 57.5 Å². The molecule has 0 unspecified atom stereocenters. The number of carbonyl (C=O) groups is 13. The number of carboxylic acid groups (broad SMARTS) is 1. The van der Waals surface area contributed by atoms with Gasteiger partial charge in [0.15, 0.2) is 0 Å². The van der Waals surface area contributed by atoms with Crippen LogP contribution in [0.4, 0.5) is 18.0 Å². The third-order valence-electron chi connectivity index (χ3n) is 15.2. The molecule has 0 radical (unpaired) electrons. The maximum absolute atomic E-state index is 14.3. The van der Waals surface area contributed by atoms with E-state index < -0.39 is 149 Å². The number of carboxylic acids is 1. The highest BCUT2D eigenvalue weighted by Crippen LogP contribution is 2.18. The Morgan fingerprint density at radius 2 is 1.18 bits per heavy atom. The molecule has 34 heteroatoms. The largest absolute Gasteiger partial charge is 0.481 e. The number of ether oxygens (including phenoxy) is 4. The number of nitriles is 1. The molecule has 0 spiro atoms. The number of allylic oxidation sites excluding steroid dienone is 6. The molecule has 6 atom stereocenters. The summed E-state index contributed by atoms with van der Waals surface area (Å²) in [5, 5.41) is 36.2. The second-order valence-electron chi connectivity index (χ2n) is 27.4. The smallest absolute Gasteiger partial charge is 0.407 e. The van der Waals surface area contributed by atoms with Crippen LogP contribution >= 0.6 is 0 Å². The second kappa shape index (κ2) is 52.5. The van der Waals surface area contributed by atoms with E-state index in [-0.39, 0.29) is 95.4 Å². The first-order valence-corrected chi connectivity index (χ1v) is 37.1. The summed E-state index contributed by atoms with van der Waals surface area (Å²) in [4.78, 5) is 175. The molecule has 11 N–H and O–H groups in total. The van der Waals surface area contributed by atoms with E-state index in [1.807, 2.05) is 32.9 Å². The van der Waals surface area contributed by atoms with Crippen LogP contribution in [0.25, 0.3) is 0 Å². The summed E-state index contributed by atoms with van der Waals surface area (Å²) in [5.41, 5.74) is 3.64. The molecule has 624 valence electrons. The number of Topliss-reactive ketones (excluding diaryl/α,β-unsaturated/α-hetero) is 1. The fraction of sp³-hybridized carbons (Fsp3) is 0.487. The monoisotopic (exact) mass is 1600 g/mol. The number of nitrogens with zero attached hydrogens (tertiary/aromatic N) is 4. The lowest BCUT2D eigenvalue weighted by molar-refractivity contribution is -0.155. The normalized spacial score (nSPS) is 15.6. The van der Waals surface area contributed by atoms with Gasteiger partial charge in [0.2, 0.25) is 5.91 Å². The Labute approximate surface area is 663 Å². The van der Waals surface area contributed by atoms with E-state index in [0.717, 1.165) is 68.5 Å². The number of hydrogen-bond acceptors (Lipinski definition) is 22. The summed E-state index contributed by atoms with van der Waals surface area (Å²) in [6, 6.07) is 4.46. The highest BCUT2D eigenvalue weighted by Gasteiger charge is 2.34. The Hall–Kier alpha value is -11.8. The first-order valence-electron chi connectivity index (χ1n) is 37.1. The van der Waals surface area contributed by atoms with Crippen molar-refractivity contribution < 1.29 is 99.6 Å². The van der Waals surface area contributed by atoms with Crippen molar-refractivity contribution in [1.29, 1.82) is 5.26 Å². The van der Waals surface area contributed by atoms with Gasteiger partial charge in [-0.05, 0) is 122 Å². The van der Waals surface area contributed by atoms with Crippen molar-refractivity contribution in [2.45, 2.75) is 237 Å². The quantitative estimate of drug-likeness (QED) is 0.0124. The molecule has 0 saturated heterocycles. The molecule has 3 aromatic rings. The van der Waals surface area contributed by atoms with Crippen LogP contribution in [0.3, 0.4) is 0 Å². The zero-order chi connectivity index (χ0) is 86.5. The number of nitrogens with one attached hydrogen (secondary N) is 8. The van der Waals surface area contributed by atoms with Crippen LogP contribution in [0, 0.1) is 46.5 Å². The van der Waals surface area contributed by atoms with Crippen LogP contribution in [-0.4, -0.2) is 139 Å². The van der Waals surface area contributed by atoms with E-state index >= 15 is 0 Å². The second-order valence-corrected chi connectivity index (χ2v) is 27.4. The van der Waals surface area contributed by atoms with Gasteiger partial charge < -0.3 is 72.3 Å². The first kappa shape index (κ1) is 100. The number of unbranched alkanes of at least 4 members (excludes halogenated alkanes) is 3. The van der Waals surface area contributed by atoms with Crippen LogP contribution in [0.15, 0.2) is 108 Å². The van der Waals surface area contributed by atoms with E-state index in [4.69, 9.17) is 35.0 Å². The van der Waals surface area contributed by atoms with E-state index in [9.17, 15) is 75.5 Å². The van der Waals surface area contributed by atoms with Gasteiger partial charge in [-0.15, -0.1) is 0 Å². The van der Waals surface area contributed by atoms with Crippen LogP contribution in [0.2, 0.25) is 0 Å². The summed E-state index contributed by atoms with van der Waals surface area (Å²) in [7, 11) is 0. The number of rotatable bonds is 31. The number of amides is 8. The average Bonchev–Trinajstić information content (AvgIpc) is 0.849. The molecule has 0 fully saturated rings. The minimum absolute atomic E-state index is 0.00317. The van der Waals surface area contributed by atoms with E-state index in [1.165, 1.54) is 58.9 Å². The van der Waals surface area contributed by atoms with Gasteiger partial charge in [0.05, 0.1) is 49.1 Å². The molecule has 0 saturated carbocycles. The Bertz CT molecular complexity index is 4050. The lowest BCUT2D eigenvalue weighted by Gasteiger charge is -2.24. The number of pyridine rings is 3. The van der Waals surface area contributed by atoms with Crippen molar-refractivity contribution >= 4 is 77.1 Å². The molecule has 1 aliphatic rings. The summed E-state index contributed by atoms with van der Waals surface area (Å²) >= 11 is 0. The molecular formula is C80H110F3N13O18. The first-order chi connectivity index (χ1) is 53.6. The number of alkyl carbamates (subject to hydrolysis) is 1. The Morgan fingerprint density at radius 1 is 0.702 bits per heavy atom. The Morgan fingerprint density at radius 3 is 1.61 bits per heavy atom. The SMILES string of the molecule is C/C=C(\NC(=O)c1cc(F)cc(CN)n1)C(=O)N[C@H](C(=O)O[C@H](/C=C/CCC)CC(=O)O)C(C)C.C/C=C(\NC(=O)c1cc(F)cc(CNC(=O)OC(C)(C)C)n1)C(=O)N[C@H](C(=O)O[C@H](/C=C/CCC)CC(C)=O)C(C)C.C/C=C1\NC(=O)c2cc(F)cc(n2)CNC(=O)C[C@@H](/C=C/CCC)OC(=O)[C@H](C(C)C)NC1=O.CC#N. The lowest BCUT2D eigenvalue weighted by atomic mass is 10.0. The van der Waals surface area contributed by atoms with Crippen LogP contribution in [-0.2, 0) is 81.7 Å². The average molecular weight is 1600 g/mol. The van der Waals surface area contributed by atoms with Gasteiger partial charge in [-0.25, -0.2) is 47.3 Å². The van der Waals surface area contributed by atoms with Gasteiger partial charge in [0, 0.05) is 38.1 Å². The van der Waals surface area contributed by atoms with Gasteiger partial charge in [0.25, 0.3) is 35.4 Å². The number of carbonyl (C=O) groups excluding carboxylic acids is 12. The number of cyclic esters (lactones) is 1. The molecule has 8 amide bonds. The van der Waals surface area contributed by atoms with Gasteiger partial charge in [-0.1, -0.05) is 118 Å². The molecule has 4 heterocycles. The number of esters is 3. The fourth-order valence-electron chi connectivity index (χ4n) is 9.51. The number of halogens is 3. The summed E-state index contributed by atoms with van der Waals surface area (Å²) in [6.07, 6.45) is 15.0. The number of aliphatic carboxylic acids is 1. The van der Waals surface area contributed by atoms with Gasteiger partial charge in [-0.2, -0.15) is 5.26 Å². The molecule has 0 aliphatic carbocycles. The zero-order valence-electron chi connectivity index (χ0n) is 67.7. The minimum atomic E-state index is -1.14. The predicted octanol–water partition coefficient (Wildman–Crippen LogP) is 9.28. The van der Waals surface area contributed by atoms with E-state index in [0.29, 0.717) is 6.42 Å². The number of ketones is 1. The third kappa shape index (κ3) is 39.4. The predicted molar refractivity (Wildman–Crippen MR) is 415 cm³/mol. The van der Waals surface area contributed by atoms with Crippen LogP contribution < -0.4 is 48.3 Å². The maximum atomic E-state index is 14.3. The highest BCUT2D eigenvalue weighted by atomic mass is 19.1. The lowest BCUT2D eigenvalue weighted by Crippen LogP contribution is -2.48. The maximum Gasteiger partial charge on any atom is 0.407 e. The molecular weight excluding hydrogens is 1490 g/mol. The van der Waals surface area contributed by atoms with Crippen molar-refractivity contribution in [3.63, 3.8) is 0 Å². The van der Waals surface area contributed by atoms with Crippen molar-refractivity contribution in [3.05, 3.63) is 160 Å². The standard InChI is InChI=1S/C30H43FN4O7.C24H33FN4O6.C24H31FN4O5.C2H3N/c1-9-11-12-13-22(14-19(5)36)41-28(39)25(18(3)4)35-26(37)23(10-2)34-27(38)24-16-20(31)15-21(33-24)17-32-29(40)42-30(6,7)8;1-5-7-8-9-17(12-20(30)31)35-24(34)21(14(3)4)29-22(32)18(6-2)28-23(33)19-11-15(25)10-16(13-26)27-19;1-5-7-8-9-17-12-20(30)26-13-16-10-15(25)11-19(27-16)23(32)28-18(6-2)22(31)29-21(14(3)4)24(33)34-17;1-2-3/h10,12-13,15-16,18,22,25H,9,11,14,17H2,1-8H3,(H,32,40)(H,34,38)(H,35,37);6,8-11,14,17,21H,5,7,12-13,26H2,1-4H3,(H,28,33)(H,29,32)(H,30,31);6,8-11,14,17,21H,5,7,12-13H2,1-4H3,(H,26,30)(H,28,32)(H,29,31);1H3/b13-12+,23-10-;2*9-8+,18-6-;/t22-,25+;2*17-,21+;/m111./s1. The molecule has 31 nitrogen and oxygen atoms in total. The van der Waals surface area contributed by atoms with Crippen LogP contribution in [0.1, 0.15) is 224 Å². The summed E-state index contributed by atoms with van der Waals surface area (Å²) in [6.45, 7) is 28.1. The zero-order valence-corrected chi connectivity index (χ0v) is 67.7. The molecule has 3 aromatic heterocycles. The topological polar surface area (TPSA) is 464 Å². The summed E-state index contributed by atoms with van der Waals surface area (Å²) < 4.78 is 63.6.